The zero-order valence-electron chi connectivity index (χ0n) is 26.1. The molecule has 0 spiro atoms. The van der Waals surface area contributed by atoms with Crippen LogP contribution in [0.1, 0.15) is 55.4 Å². The average Bonchev–Trinajstić information content (AvgIpc) is 2.86. The van der Waals surface area contributed by atoms with Crippen LogP contribution in [0.15, 0.2) is 11.8 Å². The first kappa shape index (κ1) is 37.6. The summed E-state index contributed by atoms with van der Waals surface area (Å²) in [5, 5.41) is 17.6. The first-order chi connectivity index (χ1) is 20.2. The fourth-order valence-corrected chi connectivity index (χ4v) is 4.01. The molecule has 0 radical (unpaired) electrons. The Morgan fingerprint density at radius 2 is 1.55 bits per heavy atom. The Kier molecular flexibility index (Phi) is 14.1. The quantitative estimate of drug-likeness (QED) is 0.152. The van der Waals surface area contributed by atoms with Crippen molar-refractivity contribution in [2.75, 3.05) is 13.7 Å². The van der Waals surface area contributed by atoms with E-state index in [1.54, 1.807) is 20.8 Å². The maximum absolute atomic E-state index is 13.4. The first-order valence-corrected chi connectivity index (χ1v) is 13.4. The Morgan fingerprint density at radius 3 is 2.00 bits per heavy atom. The summed E-state index contributed by atoms with van der Waals surface area (Å²) in [6.07, 6.45) is -6.13. The molecule has 0 fully saturated rings. The van der Waals surface area contributed by atoms with Crippen molar-refractivity contribution < 1.29 is 67.1 Å². The number of aliphatic hydroxyl groups excluding tert-OH is 1. The van der Waals surface area contributed by atoms with Crippen LogP contribution in [0.5, 0.6) is 0 Å². The molecule has 1 aliphatic heterocycles. The third-order valence-electron chi connectivity index (χ3n) is 5.60. The third-order valence-corrected chi connectivity index (χ3v) is 5.60. The molecule has 0 saturated carbocycles. The molecular formula is C27H41N3O14. The standard InChI is InChI=1S/C27H41N3O14/c1-12(31)20(30-26(38)44-27(6,7)8)24(36)29-17-10-18(25(37)39-9)43-23(21(17)28-13(2)32)22(42-16(5)35)19(41-15(4)34)11-40-14(3)33/h10,12,17,19-23,31H,11H2,1-9H3,(H,28,32)(H,29,36)(H,30,38)/t12-,17+,19-,20+,21-,22-,23-/m1/s1. The van der Waals surface area contributed by atoms with E-state index in [1.807, 2.05) is 0 Å². The molecule has 0 bridgehead atoms. The minimum atomic E-state index is -1.65. The van der Waals surface area contributed by atoms with Gasteiger partial charge in [-0.3, -0.25) is 24.0 Å². The zero-order valence-corrected chi connectivity index (χ0v) is 26.1. The summed E-state index contributed by atoms with van der Waals surface area (Å²) in [5.41, 5.74) is -0.928. The molecule has 0 aromatic rings. The number of carbonyl (C=O) groups is 7. The molecular weight excluding hydrogens is 590 g/mol. The van der Waals surface area contributed by atoms with Gasteiger partial charge < -0.3 is 49.5 Å². The van der Waals surface area contributed by atoms with Crippen LogP contribution in [-0.4, -0.2) is 109 Å². The fourth-order valence-electron chi connectivity index (χ4n) is 4.01. The van der Waals surface area contributed by atoms with E-state index in [4.69, 9.17) is 28.4 Å². The van der Waals surface area contributed by atoms with Gasteiger partial charge in [-0.05, 0) is 33.8 Å². The van der Waals surface area contributed by atoms with Crippen LogP contribution in [0, 0.1) is 0 Å². The number of esters is 4. The van der Waals surface area contributed by atoms with Crippen molar-refractivity contribution >= 4 is 41.8 Å². The van der Waals surface area contributed by atoms with E-state index < -0.39 is 102 Å². The van der Waals surface area contributed by atoms with Crippen molar-refractivity contribution in [3.05, 3.63) is 11.8 Å². The van der Waals surface area contributed by atoms with Crippen molar-refractivity contribution in [3.63, 3.8) is 0 Å². The molecule has 0 saturated heterocycles. The second-order valence-electron chi connectivity index (χ2n) is 10.8. The van der Waals surface area contributed by atoms with Gasteiger partial charge in [0.1, 0.15) is 18.2 Å². The predicted molar refractivity (Wildman–Crippen MR) is 147 cm³/mol. The van der Waals surface area contributed by atoms with E-state index in [0.717, 1.165) is 40.9 Å². The molecule has 1 aliphatic rings. The van der Waals surface area contributed by atoms with Crippen molar-refractivity contribution in [1.29, 1.82) is 0 Å². The summed E-state index contributed by atoms with van der Waals surface area (Å²) in [6, 6.07) is -4.30. The van der Waals surface area contributed by atoms with E-state index in [2.05, 4.69) is 16.0 Å². The minimum absolute atomic E-state index is 0.510. The van der Waals surface area contributed by atoms with Gasteiger partial charge in [-0.1, -0.05) is 0 Å². The first-order valence-electron chi connectivity index (χ1n) is 13.4. The van der Waals surface area contributed by atoms with Gasteiger partial charge in [0.25, 0.3) is 0 Å². The second-order valence-corrected chi connectivity index (χ2v) is 10.8. The average molecular weight is 632 g/mol. The van der Waals surface area contributed by atoms with Gasteiger partial charge in [-0.15, -0.1) is 0 Å². The number of aliphatic hydroxyl groups is 1. The summed E-state index contributed by atoms with van der Waals surface area (Å²) in [4.78, 5) is 86.4. The Morgan fingerprint density at radius 1 is 0.955 bits per heavy atom. The van der Waals surface area contributed by atoms with Crippen LogP contribution in [-0.2, 0) is 57.2 Å². The molecule has 44 heavy (non-hydrogen) atoms. The third kappa shape index (κ3) is 12.4. The van der Waals surface area contributed by atoms with Crippen molar-refractivity contribution in [2.24, 2.45) is 0 Å². The van der Waals surface area contributed by atoms with Gasteiger partial charge in [0.15, 0.2) is 18.3 Å². The summed E-state index contributed by atoms with van der Waals surface area (Å²) in [5.74, 6) is -5.74. The van der Waals surface area contributed by atoms with Crippen molar-refractivity contribution in [3.8, 4) is 0 Å². The molecule has 0 aliphatic carbocycles. The van der Waals surface area contributed by atoms with Crippen molar-refractivity contribution in [1.82, 2.24) is 16.0 Å². The van der Waals surface area contributed by atoms with Crippen LogP contribution >= 0.6 is 0 Å². The maximum atomic E-state index is 13.4. The Hall–Kier alpha value is -4.41. The largest absolute Gasteiger partial charge is 0.477 e. The highest BCUT2D eigenvalue weighted by Crippen LogP contribution is 2.27. The smallest absolute Gasteiger partial charge is 0.408 e. The number of ether oxygens (including phenoxy) is 6. The molecule has 4 N–H and O–H groups in total. The monoisotopic (exact) mass is 631 g/mol. The number of methoxy groups -OCH3 is 1. The van der Waals surface area contributed by atoms with Gasteiger partial charge in [-0.25, -0.2) is 9.59 Å². The van der Waals surface area contributed by atoms with E-state index >= 15 is 0 Å². The van der Waals surface area contributed by atoms with E-state index in [1.165, 1.54) is 6.92 Å². The Bertz CT molecular complexity index is 1130. The highest BCUT2D eigenvalue weighted by molar-refractivity contribution is 5.89. The maximum Gasteiger partial charge on any atom is 0.408 e. The number of nitrogens with one attached hydrogen (secondary N) is 3. The molecule has 1 rings (SSSR count). The number of hydrogen-bond acceptors (Lipinski definition) is 14. The van der Waals surface area contributed by atoms with Crippen LogP contribution in [0.3, 0.4) is 0 Å². The van der Waals surface area contributed by atoms with E-state index in [9.17, 15) is 38.7 Å². The molecule has 1 heterocycles. The molecule has 0 aromatic heterocycles. The summed E-state index contributed by atoms with van der Waals surface area (Å²) < 4.78 is 31.4. The van der Waals surface area contributed by atoms with Crippen LogP contribution in [0.25, 0.3) is 0 Å². The Balaban J connectivity index is 3.68. The number of rotatable bonds is 12. The molecule has 17 heteroatoms. The lowest BCUT2D eigenvalue weighted by Gasteiger charge is -2.42. The lowest BCUT2D eigenvalue weighted by atomic mass is 9.91. The highest BCUT2D eigenvalue weighted by Gasteiger charge is 2.48. The molecule has 0 unspecified atom stereocenters. The van der Waals surface area contributed by atoms with Gasteiger partial charge in [-0.2, -0.15) is 0 Å². The minimum Gasteiger partial charge on any atom is -0.477 e. The topological polar surface area (TPSA) is 231 Å². The number of alkyl carbamates (subject to hydrolysis) is 1. The SMILES string of the molecule is COC(=O)C1=C[C@H](NC(=O)[C@@H](NC(=O)OC(C)(C)C)[C@@H](C)O)[C@@H](NC(C)=O)[C@H]([C@H](OC(C)=O)[C@@H](COC(C)=O)OC(C)=O)O1. The second kappa shape index (κ2) is 16.4. The molecule has 7 atom stereocenters. The summed E-state index contributed by atoms with van der Waals surface area (Å²) in [6.45, 7) is 9.63. The van der Waals surface area contributed by atoms with Crippen molar-refractivity contribution in [2.45, 2.75) is 104 Å². The summed E-state index contributed by atoms with van der Waals surface area (Å²) >= 11 is 0. The molecule has 17 nitrogen and oxygen atoms in total. The Labute approximate surface area is 254 Å². The number of hydrogen-bond donors (Lipinski definition) is 4. The summed E-state index contributed by atoms with van der Waals surface area (Å²) in [7, 11) is 1.04. The van der Waals surface area contributed by atoms with Crippen LogP contribution in [0.2, 0.25) is 0 Å². The lowest BCUT2D eigenvalue weighted by molar-refractivity contribution is -0.188. The predicted octanol–water partition coefficient (Wildman–Crippen LogP) is -0.868. The lowest BCUT2D eigenvalue weighted by Crippen LogP contribution is -2.66. The highest BCUT2D eigenvalue weighted by atomic mass is 16.6. The number of amides is 3. The number of carbonyl (C=O) groups excluding carboxylic acids is 7. The van der Waals surface area contributed by atoms with Crippen LogP contribution in [0.4, 0.5) is 4.79 Å². The van der Waals surface area contributed by atoms with Gasteiger partial charge in [0, 0.05) is 27.7 Å². The molecule has 3 amide bonds. The van der Waals surface area contributed by atoms with Gasteiger partial charge in [0.05, 0.1) is 25.3 Å². The van der Waals surface area contributed by atoms with Gasteiger partial charge >= 0.3 is 30.0 Å². The van der Waals surface area contributed by atoms with Gasteiger partial charge in [0.2, 0.25) is 17.6 Å². The molecule has 248 valence electrons. The fraction of sp³-hybridized carbons (Fsp3) is 0.667. The van der Waals surface area contributed by atoms with E-state index in [0.29, 0.717) is 0 Å². The zero-order chi connectivity index (χ0) is 33.9. The van der Waals surface area contributed by atoms with E-state index in [-0.39, 0.29) is 0 Å². The normalized spacial score (nSPS) is 20.5. The van der Waals surface area contributed by atoms with Crippen LogP contribution < -0.4 is 16.0 Å². The molecule has 0 aromatic carbocycles.